The fourth-order valence-corrected chi connectivity index (χ4v) is 3.64. The summed E-state index contributed by atoms with van der Waals surface area (Å²) in [7, 11) is 0. The molecule has 3 aliphatic rings. The number of fused-ring (bicyclic) bond motifs is 1. The van der Waals surface area contributed by atoms with Gasteiger partial charge in [0, 0.05) is 45.3 Å². The predicted molar refractivity (Wildman–Crippen MR) is 97.5 cm³/mol. The summed E-state index contributed by atoms with van der Waals surface area (Å²) in [5, 5.41) is 10.4. The zero-order valence-electron chi connectivity index (χ0n) is 15.5. The fourth-order valence-electron chi connectivity index (χ4n) is 3.64. The van der Waals surface area contributed by atoms with Crippen molar-refractivity contribution < 1.29 is 28.8 Å². The van der Waals surface area contributed by atoms with Gasteiger partial charge in [-0.25, -0.2) is 0 Å². The van der Waals surface area contributed by atoms with E-state index in [0.717, 1.165) is 50.9 Å². The van der Waals surface area contributed by atoms with Crippen LogP contribution in [0, 0.1) is 0 Å². The summed E-state index contributed by atoms with van der Waals surface area (Å²) in [6.45, 7) is 7.61. The molecule has 2 saturated heterocycles. The summed E-state index contributed by atoms with van der Waals surface area (Å²) in [5.74, 6) is 2.20. The molecule has 0 aliphatic carbocycles. The Morgan fingerprint density at radius 3 is 2.70 bits per heavy atom. The van der Waals surface area contributed by atoms with E-state index in [2.05, 4.69) is 9.80 Å². The molecule has 0 aromatic heterocycles. The Balaban J connectivity index is 1.20. The minimum absolute atomic E-state index is 0.0141. The van der Waals surface area contributed by atoms with Crippen LogP contribution in [0.15, 0.2) is 18.2 Å². The summed E-state index contributed by atoms with van der Waals surface area (Å²) in [6, 6.07) is 5.57. The van der Waals surface area contributed by atoms with Gasteiger partial charge < -0.3 is 28.8 Å². The van der Waals surface area contributed by atoms with Crippen molar-refractivity contribution in [2.45, 2.75) is 12.2 Å². The second-order valence-corrected chi connectivity index (χ2v) is 7.15. The van der Waals surface area contributed by atoms with Gasteiger partial charge in [0.2, 0.25) is 6.79 Å². The zero-order chi connectivity index (χ0) is 18.5. The van der Waals surface area contributed by atoms with Gasteiger partial charge in [0.05, 0.1) is 25.9 Å². The normalized spacial score (nSPS) is 24.7. The maximum Gasteiger partial charge on any atom is 0.231 e. The summed E-state index contributed by atoms with van der Waals surface area (Å²) in [5.41, 5.74) is 0. The van der Waals surface area contributed by atoms with Crippen molar-refractivity contribution in [2.24, 2.45) is 0 Å². The molecule has 0 bridgehead atoms. The molecule has 4 rings (SSSR count). The molecule has 0 radical (unpaired) electrons. The minimum Gasteiger partial charge on any atom is -0.491 e. The average Bonchev–Trinajstić information content (AvgIpc) is 3.15. The van der Waals surface area contributed by atoms with Gasteiger partial charge in [-0.05, 0) is 12.1 Å². The third kappa shape index (κ3) is 5.24. The first-order chi connectivity index (χ1) is 13.3. The molecule has 3 aliphatic heterocycles. The van der Waals surface area contributed by atoms with Crippen molar-refractivity contribution in [3.8, 4) is 17.2 Å². The van der Waals surface area contributed by atoms with Crippen molar-refractivity contribution in [3.05, 3.63) is 18.2 Å². The lowest BCUT2D eigenvalue weighted by atomic mass is 10.2. The van der Waals surface area contributed by atoms with Crippen molar-refractivity contribution in [3.63, 3.8) is 0 Å². The third-order valence-electron chi connectivity index (χ3n) is 5.04. The van der Waals surface area contributed by atoms with Crippen LogP contribution in [0.3, 0.4) is 0 Å². The largest absolute Gasteiger partial charge is 0.491 e. The van der Waals surface area contributed by atoms with Crippen LogP contribution in [-0.2, 0) is 9.47 Å². The molecular weight excluding hydrogens is 352 g/mol. The maximum atomic E-state index is 10.4. The Morgan fingerprint density at radius 2 is 1.81 bits per heavy atom. The first kappa shape index (κ1) is 18.8. The van der Waals surface area contributed by atoms with Crippen LogP contribution in [0.4, 0.5) is 0 Å². The first-order valence-electron chi connectivity index (χ1n) is 9.61. The van der Waals surface area contributed by atoms with Crippen molar-refractivity contribution >= 4 is 0 Å². The van der Waals surface area contributed by atoms with E-state index in [1.54, 1.807) is 0 Å². The minimum atomic E-state index is -0.364. The van der Waals surface area contributed by atoms with E-state index in [-0.39, 0.29) is 19.0 Å². The number of β-amino-alcohol motifs (C(OH)–C–C–N with tert-alkyl or cyclic N) is 1. The lowest BCUT2D eigenvalue weighted by Gasteiger charge is -2.35. The molecule has 0 unspecified atom stereocenters. The van der Waals surface area contributed by atoms with Gasteiger partial charge in [-0.3, -0.25) is 9.80 Å². The second-order valence-electron chi connectivity index (χ2n) is 7.15. The quantitative estimate of drug-likeness (QED) is 0.719. The second kappa shape index (κ2) is 9.07. The number of aliphatic hydroxyl groups is 1. The molecule has 27 heavy (non-hydrogen) atoms. The molecule has 8 nitrogen and oxygen atoms in total. The zero-order valence-corrected chi connectivity index (χ0v) is 15.5. The topological polar surface area (TPSA) is 72.9 Å². The Morgan fingerprint density at radius 1 is 1.04 bits per heavy atom. The van der Waals surface area contributed by atoms with E-state index in [1.807, 2.05) is 18.2 Å². The SMILES string of the molecule is O[C@@H](CN1CCOCC1)CN1CCO[C@H](COc2ccc3c(c2)OCO3)C1. The highest BCUT2D eigenvalue weighted by Crippen LogP contribution is 2.35. The number of hydrogen-bond acceptors (Lipinski definition) is 8. The Hall–Kier alpha value is -1.58. The molecule has 1 aromatic rings. The summed E-state index contributed by atoms with van der Waals surface area (Å²) in [4.78, 5) is 4.51. The standard InChI is InChI=1S/C19H28N2O6/c22-15(10-20-3-6-23-7-4-20)11-21-5-8-24-17(12-21)13-25-16-1-2-18-19(9-16)27-14-26-18/h1-2,9,15,17,22H,3-8,10-14H2/t15-,17-/m0/s1. The van der Waals surface area contributed by atoms with Crippen LogP contribution in [0.1, 0.15) is 0 Å². The van der Waals surface area contributed by atoms with Gasteiger partial charge in [0.25, 0.3) is 0 Å². The van der Waals surface area contributed by atoms with E-state index >= 15 is 0 Å². The first-order valence-corrected chi connectivity index (χ1v) is 9.61. The van der Waals surface area contributed by atoms with E-state index in [0.29, 0.717) is 32.1 Å². The summed E-state index contributed by atoms with van der Waals surface area (Å²) in [6.07, 6.45) is -0.378. The molecular formula is C19H28N2O6. The maximum absolute atomic E-state index is 10.4. The number of aliphatic hydroxyl groups excluding tert-OH is 1. The molecule has 0 amide bonds. The monoisotopic (exact) mass is 380 g/mol. The number of morpholine rings is 2. The van der Waals surface area contributed by atoms with Gasteiger partial charge in [-0.2, -0.15) is 0 Å². The van der Waals surface area contributed by atoms with Gasteiger partial charge in [-0.1, -0.05) is 0 Å². The van der Waals surface area contributed by atoms with Gasteiger partial charge >= 0.3 is 0 Å². The highest BCUT2D eigenvalue weighted by atomic mass is 16.7. The molecule has 0 spiro atoms. The molecule has 0 saturated carbocycles. The number of rotatable bonds is 7. The summed E-state index contributed by atoms with van der Waals surface area (Å²) < 4.78 is 27.7. The predicted octanol–water partition coefficient (Wildman–Crippen LogP) is 0.188. The van der Waals surface area contributed by atoms with E-state index in [4.69, 9.17) is 23.7 Å². The van der Waals surface area contributed by atoms with Crippen LogP contribution in [0.5, 0.6) is 17.2 Å². The number of ether oxygens (including phenoxy) is 5. The van der Waals surface area contributed by atoms with Gasteiger partial charge in [0.15, 0.2) is 11.5 Å². The van der Waals surface area contributed by atoms with Crippen LogP contribution in [0.25, 0.3) is 0 Å². The Labute approximate surface area is 159 Å². The molecule has 150 valence electrons. The highest BCUT2D eigenvalue weighted by molar-refractivity contribution is 5.46. The number of benzene rings is 1. The lowest BCUT2D eigenvalue weighted by Crippen LogP contribution is -2.50. The van der Waals surface area contributed by atoms with E-state index < -0.39 is 0 Å². The van der Waals surface area contributed by atoms with Crippen LogP contribution in [-0.4, -0.2) is 99.6 Å². The lowest BCUT2D eigenvalue weighted by molar-refractivity contribution is -0.0616. The van der Waals surface area contributed by atoms with Crippen molar-refractivity contribution in [1.82, 2.24) is 9.80 Å². The number of nitrogens with zero attached hydrogens (tertiary/aromatic N) is 2. The molecule has 2 fully saturated rings. The molecule has 2 atom stereocenters. The van der Waals surface area contributed by atoms with Crippen LogP contribution in [0.2, 0.25) is 0 Å². The fraction of sp³-hybridized carbons (Fsp3) is 0.684. The van der Waals surface area contributed by atoms with Crippen LogP contribution < -0.4 is 14.2 Å². The van der Waals surface area contributed by atoms with Gasteiger partial charge in [0.1, 0.15) is 18.5 Å². The molecule has 1 aromatic carbocycles. The molecule has 3 heterocycles. The van der Waals surface area contributed by atoms with Crippen molar-refractivity contribution in [2.75, 3.05) is 72.5 Å². The highest BCUT2D eigenvalue weighted by Gasteiger charge is 2.24. The average molecular weight is 380 g/mol. The smallest absolute Gasteiger partial charge is 0.231 e. The molecule has 1 N–H and O–H groups in total. The van der Waals surface area contributed by atoms with Crippen LogP contribution >= 0.6 is 0 Å². The Bertz CT molecular complexity index is 610. The Kier molecular flexibility index (Phi) is 6.31. The third-order valence-corrected chi connectivity index (χ3v) is 5.04. The van der Waals surface area contributed by atoms with Crippen molar-refractivity contribution in [1.29, 1.82) is 0 Å². The van der Waals surface area contributed by atoms with Gasteiger partial charge in [-0.15, -0.1) is 0 Å². The summed E-state index contributed by atoms with van der Waals surface area (Å²) >= 11 is 0. The number of hydrogen-bond donors (Lipinski definition) is 1. The van der Waals surface area contributed by atoms with E-state index in [1.165, 1.54) is 0 Å². The molecule has 8 heteroatoms. The van der Waals surface area contributed by atoms with E-state index in [9.17, 15) is 5.11 Å².